The maximum atomic E-state index is 13.2. The summed E-state index contributed by atoms with van der Waals surface area (Å²) >= 11 is 0. The molecule has 0 amide bonds. The minimum absolute atomic E-state index is 0.0365. The van der Waals surface area contributed by atoms with Crippen LogP contribution in [0.15, 0.2) is 41.5 Å². The Morgan fingerprint density at radius 2 is 1.37 bits per heavy atom. The van der Waals surface area contributed by atoms with Gasteiger partial charge in [-0.2, -0.15) is 0 Å². The van der Waals surface area contributed by atoms with Crippen LogP contribution in [0, 0.1) is 75.0 Å². The van der Waals surface area contributed by atoms with E-state index in [9.17, 15) is 9.59 Å². The van der Waals surface area contributed by atoms with E-state index >= 15 is 0 Å². The largest absolute Gasteiger partial charge is 0.462 e. The van der Waals surface area contributed by atoms with E-state index in [1.165, 1.54) is 0 Å². The van der Waals surface area contributed by atoms with Crippen molar-refractivity contribution in [3.05, 3.63) is 110 Å². The number of carbonyl (C=O) groups excluding carboxylic acids is 2. The Hall–Kier alpha value is -1.90. The summed E-state index contributed by atoms with van der Waals surface area (Å²) in [6, 6.07) is 8.93. The first-order valence-corrected chi connectivity index (χ1v) is 9.16. The number of benzene rings is 1. The molecule has 0 spiro atoms. The zero-order chi connectivity index (χ0) is 18.8. The number of ketones is 1. The van der Waals surface area contributed by atoms with Crippen molar-refractivity contribution in [2.75, 3.05) is 6.61 Å². The highest BCUT2D eigenvalue weighted by Crippen LogP contribution is 2.62. The number of carbonyl (C=O) groups is 2. The third-order valence-electron chi connectivity index (χ3n) is 5.02. The minimum atomic E-state index is -0.535. The molecule has 3 nitrogen and oxygen atoms in total. The molecule has 134 valence electrons. The molecule has 0 saturated heterocycles. The van der Waals surface area contributed by atoms with Crippen molar-refractivity contribution in [2.24, 2.45) is 11.8 Å². The van der Waals surface area contributed by atoms with E-state index < -0.39 is 5.97 Å². The molecule has 0 heterocycles. The van der Waals surface area contributed by atoms with Crippen molar-refractivity contribution >= 4 is 11.8 Å². The Morgan fingerprint density at radius 3 is 1.85 bits per heavy atom. The summed E-state index contributed by atoms with van der Waals surface area (Å²) in [6.07, 6.45) is 16.1. The summed E-state index contributed by atoms with van der Waals surface area (Å²) in [4.78, 5) is 26.0. The van der Waals surface area contributed by atoms with Crippen molar-refractivity contribution in [1.29, 1.82) is 0 Å². The van der Waals surface area contributed by atoms with Gasteiger partial charge in [-0.1, -0.05) is 30.3 Å². The van der Waals surface area contributed by atoms with Gasteiger partial charge in [-0.25, -0.2) is 4.79 Å². The van der Waals surface area contributed by atoms with Crippen molar-refractivity contribution in [2.45, 2.75) is 6.92 Å². The van der Waals surface area contributed by atoms with Crippen molar-refractivity contribution < 1.29 is 14.3 Å². The molecule has 0 aliphatic heterocycles. The van der Waals surface area contributed by atoms with Crippen LogP contribution in [0.25, 0.3) is 0 Å². The molecule has 3 aliphatic carbocycles. The molecule has 4 rings (SSSR count). The van der Waals surface area contributed by atoms with Gasteiger partial charge in [0.15, 0.2) is 5.78 Å². The lowest BCUT2D eigenvalue weighted by molar-refractivity contribution is -0.138. The Morgan fingerprint density at radius 1 is 0.852 bits per heavy atom. The lowest BCUT2D eigenvalue weighted by Gasteiger charge is -2.09. The molecule has 2 atom stereocenters. The molecule has 27 heavy (non-hydrogen) atoms. The minimum Gasteiger partial charge on any atom is -0.462 e. The Bertz CT molecular complexity index is 697. The van der Waals surface area contributed by atoms with Gasteiger partial charge in [0, 0.05) is 5.56 Å². The summed E-state index contributed by atoms with van der Waals surface area (Å²) in [6.45, 7) is 1.99. The Balaban J connectivity index is 1.73. The third kappa shape index (κ3) is 3.61. The smallest absolute Gasteiger partial charge is 0.342 e. The van der Waals surface area contributed by atoms with Crippen LogP contribution < -0.4 is 0 Å². The fourth-order valence-electron chi connectivity index (χ4n) is 3.79. The molecule has 2 unspecified atom stereocenters. The molecule has 3 heteroatoms. The van der Waals surface area contributed by atoms with Gasteiger partial charge in [0.05, 0.1) is 6.61 Å². The highest BCUT2D eigenvalue weighted by molar-refractivity contribution is 6.25. The number of Topliss-reactive ketones (excluding diaryl/α,β-unsaturated/α-hetero) is 1. The van der Waals surface area contributed by atoms with E-state index in [2.05, 4.69) is 0 Å². The van der Waals surface area contributed by atoms with Gasteiger partial charge in [-0.15, -0.1) is 0 Å². The van der Waals surface area contributed by atoms with Gasteiger partial charge in [0.25, 0.3) is 0 Å². The fraction of sp³-hybridized carbons (Fsp3) is 0.167. The molecule has 10 radical (unpaired) electrons. The van der Waals surface area contributed by atoms with Gasteiger partial charge in [0.1, 0.15) is 5.57 Å². The van der Waals surface area contributed by atoms with Gasteiger partial charge < -0.3 is 4.74 Å². The first-order chi connectivity index (χ1) is 13.2. The number of rotatable bonds is 6. The van der Waals surface area contributed by atoms with Crippen LogP contribution in [0.3, 0.4) is 0 Å². The highest BCUT2D eigenvalue weighted by atomic mass is 16.5. The second-order valence-corrected chi connectivity index (χ2v) is 6.64. The van der Waals surface area contributed by atoms with Crippen LogP contribution in [0.4, 0.5) is 0 Å². The van der Waals surface area contributed by atoms with Crippen LogP contribution >= 0.6 is 0 Å². The summed E-state index contributed by atoms with van der Waals surface area (Å²) in [7, 11) is 0. The molecule has 0 N–H and O–H groups in total. The van der Waals surface area contributed by atoms with Crippen molar-refractivity contribution in [1.82, 2.24) is 0 Å². The zero-order valence-corrected chi connectivity index (χ0v) is 15.1. The predicted octanol–water partition coefficient (Wildman–Crippen LogP) is 3.79. The monoisotopic (exact) mass is 356 g/mol. The second-order valence-electron chi connectivity index (χ2n) is 6.64. The van der Waals surface area contributed by atoms with Crippen molar-refractivity contribution in [3.8, 4) is 0 Å². The standard InChI is InChI=1S/C24H20O3/c1-2-27-24(26)22(23(25)18-14-4-3-5-15-18)21-19(16-10-6-7-11-16)20(21)17-12-8-9-13-17/h3-15,19-20H,2H2,1H3. The fourth-order valence-corrected chi connectivity index (χ4v) is 3.79. The SMILES string of the molecule is CCOC(=O)C(C(=O)c1ccccc1)=C1C([C]2[CH][CH][CH][CH]2)C1[C]1[CH][CH][CH][CH]1. The number of ether oxygens (including phenoxy) is 1. The van der Waals surface area contributed by atoms with Gasteiger partial charge >= 0.3 is 5.97 Å². The molecular formula is C24H20O3. The van der Waals surface area contributed by atoms with E-state index in [4.69, 9.17) is 4.74 Å². The van der Waals surface area contributed by atoms with Gasteiger partial charge in [-0.05, 0) is 87.5 Å². The molecule has 3 aliphatic rings. The Labute approximate surface area is 162 Å². The predicted molar refractivity (Wildman–Crippen MR) is 102 cm³/mol. The topological polar surface area (TPSA) is 43.4 Å². The van der Waals surface area contributed by atoms with Crippen LogP contribution in [-0.4, -0.2) is 18.4 Å². The van der Waals surface area contributed by atoms with Gasteiger partial charge in [0.2, 0.25) is 0 Å². The normalized spacial score (nSPS) is 25.6. The quantitative estimate of drug-likeness (QED) is 0.256. The maximum Gasteiger partial charge on any atom is 0.342 e. The second kappa shape index (κ2) is 8.00. The zero-order valence-electron chi connectivity index (χ0n) is 15.1. The van der Waals surface area contributed by atoms with Crippen LogP contribution in [0.5, 0.6) is 0 Å². The molecular weight excluding hydrogens is 336 g/mol. The average molecular weight is 356 g/mol. The van der Waals surface area contributed by atoms with Crippen LogP contribution in [0.2, 0.25) is 0 Å². The average Bonchev–Trinajstić information content (AvgIpc) is 3.11. The van der Waals surface area contributed by atoms with Crippen LogP contribution in [-0.2, 0) is 9.53 Å². The first kappa shape index (κ1) is 18.5. The number of esters is 1. The molecule has 1 aromatic carbocycles. The number of hydrogen-bond acceptors (Lipinski definition) is 3. The van der Waals surface area contributed by atoms with E-state index in [1.807, 2.05) is 57.4 Å². The van der Waals surface area contributed by atoms with Gasteiger partial charge in [-0.3, -0.25) is 4.79 Å². The number of allylic oxidation sites excluding steroid dienone is 1. The van der Waals surface area contributed by atoms with E-state index in [1.54, 1.807) is 31.2 Å². The van der Waals surface area contributed by atoms with E-state index in [-0.39, 0.29) is 29.8 Å². The molecule has 1 aromatic rings. The maximum absolute atomic E-state index is 13.2. The lowest BCUT2D eigenvalue weighted by Crippen LogP contribution is -2.17. The van der Waals surface area contributed by atoms with Crippen LogP contribution in [0.1, 0.15) is 17.3 Å². The number of hydrogen-bond donors (Lipinski definition) is 0. The summed E-state index contributed by atoms with van der Waals surface area (Å²) in [5.41, 5.74) is 1.54. The molecule has 3 fully saturated rings. The molecule has 0 aromatic heterocycles. The van der Waals surface area contributed by atoms with Crippen molar-refractivity contribution in [3.63, 3.8) is 0 Å². The Kier molecular flexibility index (Phi) is 5.47. The van der Waals surface area contributed by atoms with E-state index in [0.717, 1.165) is 17.4 Å². The molecule has 3 saturated carbocycles. The summed E-state index contributed by atoms with van der Waals surface area (Å²) in [5.74, 6) is 1.52. The third-order valence-corrected chi connectivity index (χ3v) is 5.02. The summed E-state index contributed by atoms with van der Waals surface area (Å²) < 4.78 is 5.26. The summed E-state index contributed by atoms with van der Waals surface area (Å²) in [5, 5.41) is 0. The highest BCUT2D eigenvalue weighted by Gasteiger charge is 2.57. The van der Waals surface area contributed by atoms with E-state index in [0.29, 0.717) is 5.56 Å². The first-order valence-electron chi connectivity index (χ1n) is 9.16. The lowest BCUT2D eigenvalue weighted by atomic mass is 9.94. The molecule has 0 bridgehead atoms.